The first kappa shape index (κ1) is 17.7. The van der Waals surface area contributed by atoms with Gasteiger partial charge in [0.15, 0.2) is 0 Å². The molecular weight excluding hydrogens is 334 g/mol. The SMILES string of the molecule is C[C](O)C1CCCN(c2cnc(-c3ccccc3)c(-c3ccccc3)n2)C1. The van der Waals surface area contributed by atoms with Gasteiger partial charge in [0, 0.05) is 30.1 Å². The van der Waals surface area contributed by atoms with Crippen molar-refractivity contribution in [1.29, 1.82) is 0 Å². The number of hydrogen-bond acceptors (Lipinski definition) is 4. The predicted octanol–water partition coefficient (Wildman–Crippen LogP) is 4.95. The van der Waals surface area contributed by atoms with E-state index in [2.05, 4.69) is 29.2 Å². The summed E-state index contributed by atoms with van der Waals surface area (Å²) in [5.41, 5.74) is 3.91. The van der Waals surface area contributed by atoms with Gasteiger partial charge >= 0.3 is 0 Å². The van der Waals surface area contributed by atoms with Crippen molar-refractivity contribution in [3.8, 4) is 22.5 Å². The Morgan fingerprint density at radius 2 is 1.59 bits per heavy atom. The fraction of sp³-hybridized carbons (Fsp3) is 0.261. The van der Waals surface area contributed by atoms with Crippen LogP contribution in [0.25, 0.3) is 22.5 Å². The van der Waals surface area contributed by atoms with Crippen molar-refractivity contribution in [3.05, 3.63) is 73.0 Å². The van der Waals surface area contributed by atoms with E-state index in [-0.39, 0.29) is 5.92 Å². The summed E-state index contributed by atoms with van der Waals surface area (Å²) < 4.78 is 0. The molecule has 2 heterocycles. The van der Waals surface area contributed by atoms with Gasteiger partial charge in [-0.3, -0.25) is 4.98 Å². The number of aromatic nitrogens is 2. The first-order valence-corrected chi connectivity index (χ1v) is 9.47. The molecule has 1 radical (unpaired) electrons. The lowest BCUT2D eigenvalue weighted by Crippen LogP contribution is -2.38. The van der Waals surface area contributed by atoms with Crippen LogP contribution in [0.15, 0.2) is 66.9 Å². The summed E-state index contributed by atoms with van der Waals surface area (Å²) in [6.45, 7) is 3.53. The third-order valence-corrected chi connectivity index (χ3v) is 5.19. The van der Waals surface area contributed by atoms with E-state index in [4.69, 9.17) is 9.97 Å². The Balaban J connectivity index is 1.75. The van der Waals surface area contributed by atoms with Crippen molar-refractivity contribution < 1.29 is 5.11 Å². The smallest absolute Gasteiger partial charge is 0.147 e. The predicted molar refractivity (Wildman–Crippen MR) is 109 cm³/mol. The Morgan fingerprint density at radius 1 is 0.963 bits per heavy atom. The van der Waals surface area contributed by atoms with Crippen LogP contribution >= 0.6 is 0 Å². The van der Waals surface area contributed by atoms with Crippen LogP contribution in [0.3, 0.4) is 0 Å². The highest BCUT2D eigenvalue weighted by Crippen LogP contribution is 2.32. The zero-order valence-corrected chi connectivity index (χ0v) is 15.5. The van der Waals surface area contributed by atoms with Crippen LogP contribution < -0.4 is 4.90 Å². The highest BCUT2D eigenvalue weighted by atomic mass is 16.3. The van der Waals surface area contributed by atoms with Gasteiger partial charge in [-0.2, -0.15) is 0 Å². The number of nitrogens with zero attached hydrogens (tertiary/aromatic N) is 3. The van der Waals surface area contributed by atoms with Crippen molar-refractivity contribution >= 4 is 5.82 Å². The van der Waals surface area contributed by atoms with E-state index in [1.807, 2.05) is 42.6 Å². The molecule has 1 aliphatic heterocycles. The third kappa shape index (κ3) is 3.86. The molecule has 1 fully saturated rings. The zero-order chi connectivity index (χ0) is 18.6. The molecule has 0 spiro atoms. The number of aliphatic hydroxyl groups is 1. The van der Waals surface area contributed by atoms with Gasteiger partial charge in [0.25, 0.3) is 0 Å². The van der Waals surface area contributed by atoms with Gasteiger partial charge in [0.1, 0.15) is 5.82 Å². The fourth-order valence-corrected chi connectivity index (χ4v) is 3.66. The van der Waals surface area contributed by atoms with Gasteiger partial charge in [-0.25, -0.2) is 4.98 Å². The Bertz CT molecular complexity index is 881. The minimum atomic E-state index is 0.203. The normalized spacial score (nSPS) is 17.3. The highest BCUT2D eigenvalue weighted by molar-refractivity contribution is 5.78. The molecule has 0 amide bonds. The van der Waals surface area contributed by atoms with Crippen LogP contribution in [0.5, 0.6) is 0 Å². The summed E-state index contributed by atoms with van der Waals surface area (Å²) in [7, 11) is 0. The number of rotatable bonds is 4. The van der Waals surface area contributed by atoms with Gasteiger partial charge in [-0.15, -0.1) is 0 Å². The molecule has 4 rings (SSSR count). The van der Waals surface area contributed by atoms with Crippen molar-refractivity contribution in [3.63, 3.8) is 0 Å². The molecule has 1 N–H and O–H groups in total. The number of piperidine rings is 1. The quantitative estimate of drug-likeness (QED) is 0.717. The zero-order valence-electron chi connectivity index (χ0n) is 15.5. The van der Waals surface area contributed by atoms with Crippen molar-refractivity contribution in [2.45, 2.75) is 19.8 Å². The topological polar surface area (TPSA) is 49.2 Å². The summed E-state index contributed by atoms with van der Waals surface area (Å²) in [4.78, 5) is 12.0. The summed E-state index contributed by atoms with van der Waals surface area (Å²) in [5.74, 6) is 1.08. The van der Waals surface area contributed by atoms with Crippen LogP contribution in [0.4, 0.5) is 5.82 Å². The van der Waals surface area contributed by atoms with Crippen LogP contribution in [-0.4, -0.2) is 28.2 Å². The second-order valence-electron chi connectivity index (χ2n) is 7.08. The van der Waals surface area contributed by atoms with Crippen LogP contribution in [0, 0.1) is 12.0 Å². The van der Waals surface area contributed by atoms with Gasteiger partial charge in [0.05, 0.1) is 23.7 Å². The minimum absolute atomic E-state index is 0.203. The second kappa shape index (κ2) is 7.89. The summed E-state index contributed by atoms with van der Waals surface area (Å²) in [6, 6.07) is 20.4. The van der Waals surface area contributed by atoms with Crippen LogP contribution in [-0.2, 0) is 0 Å². The van der Waals surface area contributed by atoms with Crippen molar-refractivity contribution in [2.75, 3.05) is 18.0 Å². The largest absolute Gasteiger partial charge is 0.387 e. The number of anilines is 1. The Hall–Kier alpha value is -2.72. The molecular formula is C23H24N3O. The lowest BCUT2D eigenvalue weighted by molar-refractivity contribution is 0.218. The molecule has 0 bridgehead atoms. The van der Waals surface area contributed by atoms with E-state index < -0.39 is 0 Å². The summed E-state index contributed by atoms with van der Waals surface area (Å²) >= 11 is 0. The molecule has 0 aliphatic carbocycles. The van der Waals surface area contributed by atoms with Gasteiger partial charge in [-0.1, -0.05) is 60.7 Å². The van der Waals surface area contributed by atoms with Crippen LogP contribution in [0.2, 0.25) is 0 Å². The lowest BCUT2D eigenvalue weighted by Gasteiger charge is -2.34. The molecule has 2 aromatic carbocycles. The summed E-state index contributed by atoms with van der Waals surface area (Å²) in [5, 5.41) is 9.92. The van der Waals surface area contributed by atoms with E-state index in [0.29, 0.717) is 6.10 Å². The van der Waals surface area contributed by atoms with Gasteiger partial charge in [0.2, 0.25) is 0 Å². The van der Waals surface area contributed by atoms with E-state index in [1.54, 1.807) is 6.92 Å². The van der Waals surface area contributed by atoms with Gasteiger partial charge in [-0.05, 0) is 19.8 Å². The summed E-state index contributed by atoms with van der Waals surface area (Å²) in [6.07, 6.45) is 4.45. The van der Waals surface area contributed by atoms with Crippen LogP contribution in [0.1, 0.15) is 19.8 Å². The molecule has 137 valence electrons. The second-order valence-corrected chi connectivity index (χ2v) is 7.08. The lowest BCUT2D eigenvalue weighted by atomic mass is 9.93. The number of benzene rings is 2. The first-order chi connectivity index (χ1) is 13.2. The minimum Gasteiger partial charge on any atom is -0.387 e. The van der Waals surface area contributed by atoms with Crippen molar-refractivity contribution in [1.82, 2.24) is 9.97 Å². The molecule has 1 aliphatic rings. The van der Waals surface area contributed by atoms with E-state index in [1.165, 1.54) is 0 Å². The van der Waals surface area contributed by atoms with E-state index in [0.717, 1.165) is 54.3 Å². The molecule has 27 heavy (non-hydrogen) atoms. The average molecular weight is 358 g/mol. The molecule has 1 unspecified atom stereocenters. The molecule has 4 heteroatoms. The van der Waals surface area contributed by atoms with E-state index in [9.17, 15) is 5.11 Å². The fourth-order valence-electron chi connectivity index (χ4n) is 3.66. The Labute approximate surface area is 160 Å². The Kier molecular flexibility index (Phi) is 5.16. The third-order valence-electron chi connectivity index (χ3n) is 5.19. The Morgan fingerprint density at radius 3 is 2.22 bits per heavy atom. The molecule has 0 saturated carbocycles. The van der Waals surface area contributed by atoms with Gasteiger partial charge < -0.3 is 10.0 Å². The molecule has 1 atom stereocenters. The maximum Gasteiger partial charge on any atom is 0.147 e. The maximum atomic E-state index is 9.92. The standard InChI is InChI=1S/C23H24N3O/c1-17(27)20-13-8-14-26(16-20)21-15-24-22(18-9-4-2-5-10-18)23(25-21)19-11-6-3-7-12-19/h2-7,9-12,15,20,27H,8,13-14,16H2,1H3. The number of hydrogen-bond donors (Lipinski definition) is 1. The monoisotopic (exact) mass is 358 g/mol. The first-order valence-electron chi connectivity index (χ1n) is 9.47. The van der Waals surface area contributed by atoms with Crippen molar-refractivity contribution in [2.24, 2.45) is 5.92 Å². The van der Waals surface area contributed by atoms with E-state index >= 15 is 0 Å². The molecule has 4 nitrogen and oxygen atoms in total. The number of aliphatic hydroxyl groups excluding tert-OH is 1. The average Bonchev–Trinajstić information content (AvgIpc) is 2.74. The molecule has 1 saturated heterocycles. The maximum absolute atomic E-state index is 9.92. The highest BCUT2D eigenvalue weighted by Gasteiger charge is 2.25. The molecule has 1 aromatic heterocycles. The molecule has 3 aromatic rings.